The molecule has 1 aromatic rings. The molecule has 0 radical (unpaired) electrons. The maximum Gasteiger partial charge on any atom is 0.410 e. The number of carbonyl (C=O) groups is 5. The second-order valence-electron chi connectivity index (χ2n) is 16.0. The summed E-state index contributed by atoms with van der Waals surface area (Å²) in [6.07, 6.45) is 2.28. The smallest absolute Gasteiger partial charge is 0.410 e. The lowest BCUT2D eigenvalue weighted by molar-refractivity contribution is -0.141. The van der Waals surface area contributed by atoms with E-state index in [9.17, 15) is 36.8 Å². The summed E-state index contributed by atoms with van der Waals surface area (Å²) in [6.45, 7) is 8.47. The first-order chi connectivity index (χ1) is 24.4. The average molecular weight is 750 g/mol. The number of carbonyl (C=O) groups excluding carboxylic acids is 5. The molecule has 0 spiro atoms. The highest BCUT2D eigenvalue weighted by molar-refractivity contribution is 7.90. The van der Waals surface area contributed by atoms with Gasteiger partial charge in [0.2, 0.25) is 21.8 Å². The van der Waals surface area contributed by atoms with E-state index in [1.807, 2.05) is 0 Å². The van der Waals surface area contributed by atoms with Crippen LogP contribution >= 0.6 is 0 Å². The van der Waals surface area contributed by atoms with Crippen molar-refractivity contribution in [3.05, 3.63) is 35.1 Å². The van der Waals surface area contributed by atoms with Gasteiger partial charge < -0.3 is 25.0 Å². The molecule has 14 nitrogen and oxygen atoms in total. The zero-order chi connectivity index (χ0) is 38.0. The van der Waals surface area contributed by atoms with Crippen LogP contribution in [0.3, 0.4) is 0 Å². The number of fused-ring (bicyclic) bond motifs is 3. The number of alkyl carbamates (subject to hydrolysis) is 1. The minimum Gasteiger partial charge on any atom is -0.444 e. The fraction of sp³-hybridized carbons (Fsp3) is 0.694. The van der Waals surface area contributed by atoms with Gasteiger partial charge in [0.15, 0.2) is 0 Å². The van der Waals surface area contributed by atoms with Crippen LogP contribution in [0.25, 0.3) is 0 Å². The summed E-state index contributed by atoms with van der Waals surface area (Å²) in [4.78, 5) is 71.0. The standard InChI is InChI=1S/C36H52FN5O9S/c1-22(2)21-52(48,49)40-32(45)36-17-24(36)13-9-7-6-8-10-15-28(38-33(46)51-35(3,4)5)31(44)42-19-25(16-29(42)30(43)39-36)50-34(47)41-18-23-12-11-14-27(37)26(23)20-41/h11-12,14,22,24-25,28-29H,6-10,13,15-21H2,1-5H3,(H,38,46)(H,39,43)(H,40,45)/t24-,25-,28+,29+,36-/m1/s1. The molecule has 52 heavy (non-hydrogen) atoms. The molecule has 0 aromatic heterocycles. The molecule has 0 bridgehead atoms. The van der Waals surface area contributed by atoms with E-state index < -0.39 is 75.1 Å². The first-order valence-electron chi connectivity index (χ1n) is 18.3. The molecular formula is C36H52FN5O9S. The van der Waals surface area contributed by atoms with Crippen molar-refractivity contribution in [1.29, 1.82) is 0 Å². The molecule has 5 atom stereocenters. The number of benzene rings is 1. The highest BCUT2D eigenvalue weighted by Crippen LogP contribution is 2.48. The van der Waals surface area contributed by atoms with Gasteiger partial charge in [0.1, 0.15) is 35.1 Å². The second-order valence-corrected chi connectivity index (χ2v) is 17.8. The predicted molar refractivity (Wildman–Crippen MR) is 187 cm³/mol. The summed E-state index contributed by atoms with van der Waals surface area (Å²) < 4.78 is 53.5. The molecule has 5 rings (SSSR count). The van der Waals surface area contributed by atoms with Gasteiger partial charge in [0, 0.05) is 18.5 Å². The molecule has 16 heteroatoms. The third-order valence-electron chi connectivity index (χ3n) is 9.99. The van der Waals surface area contributed by atoms with Gasteiger partial charge in [0.25, 0.3) is 5.91 Å². The number of ether oxygens (including phenoxy) is 2. The molecule has 3 heterocycles. The van der Waals surface area contributed by atoms with Crippen LogP contribution in [0.5, 0.6) is 0 Å². The minimum absolute atomic E-state index is 0.000733. The van der Waals surface area contributed by atoms with Crippen molar-refractivity contribution in [2.45, 2.75) is 135 Å². The van der Waals surface area contributed by atoms with Crippen LogP contribution in [0, 0.1) is 17.7 Å². The van der Waals surface area contributed by atoms with Crippen LogP contribution in [0.15, 0.2) is 18.2 Å². The Hall–Kier alpha value is -3.95. The average Bonchev–Trinajstić information content (AvgIpc) is 3.33. The Balaban J connectivity index is 1.40. The number of rotatable bonds is 6. The number of hydrogen-bond donors (Lipinski definition) is 3. The number of nitrogens with zero attached hydrogens (tertiary/aromatic N) is 2. The summed E-state index contributed by atoms with van der Waals surface area (Å²) in [6, 6.07) is 2.33. The van der Waals surface area contributed by atoms with Gasteiger partial charge in [-0.2, -0.15) is 0 Å². The molecule has 0 unspecified atom stereocenters. The van der Waals surface area contributed by atoms with Gasteiger partial charge in [-0.05, 0) is 63.5 Å². The maximum absolute atomic E-state index is 14.4. The Morgan fingerprint density at radius 3 is 2.42 bits per heavy atom. The Kier molecular flexibility index (Phi) is 11.8. The fourth-order valence-electron chi connectivity index (χ4n) is 7.46. The van der Waals surface area contributed by atoms with Crippen LogP contribution < -0.4 is 15.4 Å². The third kappa shape index (κ3) is 9.53. The monoisotopic (exact) mass is 749 g/mol. The molecule has 288 valence electrons. The zero-order valence-corrected chi connectivity index (χ0v) is 31.5. The van der Waals surface area contributed by atoms with Crippen molar-refractivity contribution in [1.82, 2.24) is 25.2 Å². The molecular weight excluding hydrogens is 697 g/mol. The second kappa shape index (κ2) is 15.6. The Labute approximate surface area is 304 Å². The number of sulfonamides is 1. The molecule has 3 aliphatic heterocycles. The van der Waals surface area contributed by atoms with Gasteiger partial charge in [-0.1, -0.05) is 58.1 Å². The van der Waals surface area contributed by atoms with Gasteiger partial charge in [-0.15, -0.1) is 0 Å². The van der Waals surface area contributed by atoms with E-state index in [1.54, 1.807) is 46.8 Å². The molecule has 1 aromatic carbocycles. The maximum atomic E-state index is 14.4. The van der Waals surface area contributed by atoms with E-state index in [0.717, 1.165) is 25.7 Å². The largest absolute Gasteiger partial charge is 0.444 e. The topological polar surface area (TPSA) is 181 Å². The van der Waals surface area contributed by atoms with Crippen molar-refractivity contribution in [2.75, 3.05) is 12.3 Å². The van der Waals surface area contributed by atoms with Crippen LogP contribution in [0.1, 0.15) is 104 Å². The fourth-order valence-corrected chi connectivity index (χ4v) is 8.89. The van der Waals surface area contributed by atoms with Crippen LogP contribution in [-0.4, -0.2) is 89.8 Å². The van der Waals surface area contributed by atoms with Crippen molar-refractivity contribution in [3.8, 4) is 0 Å². The van der Waals surface area contributed by atoms with Crippen molar-refractivity contribution >= 4 is 39.9 Å². The normalized spacial score (nSPS) is 27.0. The molecule has 1 saturated carbocycles. The van der Waals surface area contributed by atoms with Gasteiger partial charge >= 0.3 is 12.2 Å². The molecule has 5 amide bonds. The molecule has 1 aliphatic carbocycles. The number of amides is 5. The summed E-state index contributed by atoms with van der Waals surface area (Å²) in [7, 11) is -3.99. The van der Waals surface area contributed by atoms with Gasteiger partial charge in [0.05, 0.1) is 18.8 Å². The Bertz CT molecular complexity index is 1660. The minimum atomic E-state index is -3.99. The molecule has 3 fully saturated rings. The van der Waals surface area contributed by atoms with Gasteiger partial charge in [-0.25, -0.2) is 22.4 Å². The van der Waals surface area contributed by atoms with Crippen LogP contribution in [0.4, 0.5) is 14.0 Å². The highest BCUT2D eigenvalue weighted by Gasteiger charge is 2.62. The predicted octanol–water partition coefficient (Wildman–Crippen LogP) is 3.86. The lowest BCUT2D eigenvalue weighted by atomic mass is 10.0. The Morgan fingerprint density at radius 2 is 1.75 bits per heavy atom. The zero-order valence-electron chi connectivity index (χ0n) is 30.7. The lowest BCUT2D eigenvalue weighted by Crippen LogP contribution is -2.58. The summed E-state index contributed by atoms with van der Waals surface area (Å²) in [5, 5.41) is 5.50. The van der Waals surface area contributed by atoms with E-state index in [2.05, 4.69) is 15.4 Å². The Morgan fingerprint density at radius 1 is 1.06 bits per heavy atom. The van der Waals surface area contributed by atoms with Crippen LogP contribution in [-0.2, 0) is 47.0 Å². The van der Waals surface area contributed by atoms with E-state index >= 15 is 0 Å². The van der Waals surface area contributed by atoms with E-state index in [1.165, 1.54) is 15.9 Å². The van der Waals surface area contributed by atoms with E-state index in [0.29, 0.717) is 24.0 Å². The molecule has 2 saturated heterocycles. The third-order valence-corrected chi connectivity index (χ3v) is 11.6. The molecule has 4 aliphatic rings. The number of halogens is 1. The molecule has 3 N–H and O–H groups in total. The first-order valence-corrected chi connectivity index (χ1v) is 19.9. The van der Waals surface area contributed by atoms with Gasteiger partial charge in [-0.3, -0.25) is 24.0 Å². The summed E-state index contributed by atoms with van der Waals surface area (Å²) in [5.74, 6) is -3.36. The summed E-state index contributed by atoms with van der Waals surface area (Å²) >= 11 is 0. The highest BCUT2D eigenvalue weighted by atomic mass is 32.2. The quantitative estimate of drug-likeness (QED) is 0.389. The van der Waals surface area contributed by atoms with Crippen molar-refractivity contribution in [2.24, 2.45) is 11.8 Å². The summed E-state index contributed by atoms with van der Waals surface area (Å²) in [5.41, 5.74) is -1.29. The van der Waals surface area contributed by atoms with Crippen LogP contribution in [0.2, 0.25) is 0 Å². The lowest BCUT2D eigenvalue weighted by Gasteiger charge is -2.30. The SMILES string of the molecule is CC(C)CS(=O)(=O)NC(=O)[C@@]12C[C@H]1CCCCCCC[C@H](NC(=O)OC(C)(C)C)C(=O)N1C[C@H](OC(=O)N3Cc4cccc(F)c4C3)C[C@H]1C(=O)N2. The first kappa shape index (κ1) is 39.3. The number of nitrogens with one attached hydrogen (secondary N) is 3. The van der Waals surface area contributed by atoms with Crippen molar-refractivity contribution in [3.63, 3.8) is 0 Å². The van der Waals surface area contributed by atoms with Crippen molar-refractivity contribution < 1.29 is 46.3 Å². The number of hydrogen-bond acceptors (Lipinski definition) is 9. The van der Waals surface area contributed by atoms with E-state index in [-0.39, 0.29) is 56.5 Å². The van der Waals surface area contributed by atoms with E-state index in [4.69, 9.17) is 9.47 Å².